The largest absolute Gasteiger partial charge is 0.497 e. The summed E-state index contributed by atoms with van der Waals surface area (Å²) in [6, 6.07) is 11.7. The minimum atomic E-state index is -0.724. The highest BCUT2D eigenvalue weighted by molar-refractivity contribution is 5.98. The molecule has 2 saturated heterocycles. The van der Waals surface area contributed by atoms with Crippen LogP contribution in [0.1, 0.15) is 33.6 Å². The number of hydrogen-bond acceptors (Lipinski definition) is 5. The van der Waals surface area contributed by atoms with E-state index in [1.807, 2.05) is 0 Å². The molecule has 0 aromatic heterocycles. The number of rotatable bonds is 6. The molecule has 2 aliphatic heterocycles. The second-order valence-electron chi connectivity index (χ2n) is 8.76. The van der Waals surface area contributed by atoms with Gasteiger partial charge in [0.15, 0.2) is 0 Å². The second-order valence-corrected chi connectivity index (χ2v) is 8.76. The monoisotopic (exact) mass is 483 g/mol. The number of benzene rings is 2. The Kier molecular flexibility index (Phi) is 7.97. The smallest absolute Gasteiger partial charge is 0.253 e. The highest BCUT2D eigenvalue weighted by Crippen LogP contribution is 2.25. The minimum Gasteiger partial charge on any atom is -0.497 e. The Morgan fingerprint density at radius 2 is 1.66 bits per heavy atom. The molecule has 9 heteroatoms. The summed E-state index contributed by atoms with van der Waals surface area (Å²) < 4.78 is 24.2. The first-order valence-corrected chi connectivity index (χ1v) is 11.8. The zero-order valence-electron chi connectivity index (χ0n) is 19.7. The summed E-state index contributed by atoms with van der Waals surface area (Å²) >= 11 is 0. The van der Waals surface area contributed by atoms with Crippen molar-refractivity contribution in [1.29, 1.82) is 0 Å². The molecule has 1 N–H and O–H groups in total. The maximum Gasteiger partial charge on any atom is 0.253 e. The quantitative estimate of drug-likeness (QED) is 0.682. The Morgan fingerprint density at radius 1 is 0.971 bits per heavy atom. The normalized spacial score (nSPS) is 17.5. The maximum atomic E-state index is 13.6. The van der Waals surface area contributed by atoms with Crippen LogP contribution in [0.3, 0.4) is 0 Å². The van der Waals surface area contributed by atoms with E-state index in [0.29, 0.717) is 69.1 Å². The second kappa shape index (κ2) is 11.3. The number of nitrogens with zero attached hydrogens (tertiary/aromatic N) is 2. The lowest BCUT2D eigenvalue weighted by Crippen LogP contribution is -2.56. The molecule has 35 heavy (non-hydrogen) atoms. The number of amides is 3. The molecule has 0 aliphatic carbocycles. The third kappa shape index (κ3) is 5.97. The lowest BCUT2D eigenvalue weighted by Gasteiger charge is -2.38. The third-order valence-electron chi connectivity index (χ3n) is 6.58. The molecule has 2 aromatic carbocycles. The Hall–Kier alpha value is -3.46. The van der Waals surface area contributed by atoms with Gasteiger partial charge in [-0.3, -0.25) is 14.4 Å². The van der Waals surface area contributed by atoms with Gasteiger partial charge >= 0.3 is 0 Å². The average Bonchev–Trinajstić information content (AvgIpc) is 2.91. The molecular formula is C26H30FN3O5. The number of nitrogens with one attached hydrogen (secondary N) is 1. The molecule has 0 unspecified atom stereocenters. The zero-order valence-corrected chi connectivity index (χ0v) is 19.7. The van der Waals surface area contributed by atoms with Gasteiger partial charge in [-0.1, -0.05) is 12.1 Å². The van der Waals surface area contributed by atoms with E-state index in [-0.39, 0.29) is 23.6 Å². The number of carbonyl (C=O) groups is 3. The topological polar surface area (TPSA) is 88.2 Å². The number of likely N-dealkylation sites (tertiary alicyclic amines) is 1. The summed E-state index contributed by atoms with van der Waals surface area (Å²) in [4.78, 5) is 42.8. The predicted octanol–water partition coefficient (Wildman–Crippen LogP) is 2.34. The van der Waals surface area contributed by atoms with Crippen LogP contribution in [0.15, 0.2) is 48.5 Å². The molecule has 2 aromatic rings. The highest BCUT2D eigenvalue weighted by Gasteiger charge is 2.36. The Bertz CT molecular complexity index is 1060. The van der Waals surface area contributed by atoms with E-state index < -0.39 is 11.9 Å². The van der Waals surface area contributed by atoms with Crippen LogP contribution in [-0.2, 0) is 9.53 Å². The molecule has 3 amide bonds. The molecule has 186 valence electrons. The summed E-state index contributed by atoms with van der Waals surface area (Å²) in [6.07, 6.45) is 1.08. The van der Waals surface area contributed by atoms with E-state index in [1.54, 1.807) is 40.1 Å². The fourth-order valence-electron chi connectivity index (χ4n) is 4.59. The number of ether oxygens (including phenoxy) is 2. The van der Waals surface area contributed by atoms with Crippen molar-refractivity contribution in [3.8, 4) is 5.75 Å². The standard InChI is InChI=1S/C26H30FN3O5/c1-34-22-7-3-4-19(17-22)24(31)28-23(26(33)30-12-14-35-15-13-30)18-8-10-29(11-9-18)25(32)20-5-2-6-21(27)16-20/h2-7,16-18,23H,8-15H2,1H3,(H,28,31)/t23-/m1/s1. The van der Waals surface area contributed by atoms with Crippen molar-refractivity contribution in [3.05, 3.63) is 65.5 Å². The molecule has 0 saturated carbocycles. The number of carbonyl (C=O) groups excluding carboxylic acids is 3. The third-order valence-corrected chi connectivity index (χ3v) is 6.58. The fourth-order valence-corrected chi connectivity index (χ4v) is 4.59. The van der Waals surface area contributed by atoms with Crippen molar-refractivity contribution in [2.75, 3.05) is 46.5 Å². The molecule has 0 spiro atoms. The molecule has 8 nitrogen and oxygen atoms in total. The number of methoxy groups -OCH3 is 1. The van der Waals surface area contributed by atoms with Gasteiger partial charge in [-0.15, -0.1) is 0 Å². The molecule has 4 rings (SSSR count). The van der Waals surface area contributed by atoms with Gasteiger partial charge in [-0.2, -0.15) is 0 Å². The van der Waals surface area contributed by atoms with Crippen LogP contribution in [0.5, 0.6) is 5.75 Å². The van der Waals surface area contributed by atoms with E-state index in [0.717, 1.165) is 0 Å². The molecule has 0 bridgehead atoms. The summed E-state index contributed by atoms with van der Waals surface area (Å²) in [5.41, 5.74) is 0.707. The van der Waals surface area contributed by atoms with Crippen LogP contribution >= 0.6 is 0 Å². The Balaban J connectivity index is 1.47. The zero-order chi connectivity index (χ0) is 24.8. The summed E-state index contributed by atoms with van der Waals surface area (Å²) in [5.74, 6) is -0.774. The maximum absolute atomic E-state index is 13.6. The molecule has 0 radical (unpaired) electrons. The first-order chi connectivity index (χ1) is 17.0. The van der Waals surface area contributed by atoms with Crippen molar-refractivity contribution >= 4 is 17.7 Å². The van der Waals surface area contributed by atoms with Gasteiger partial charge in [0.2, 0.25) is 5.91 Å². The van der Waals surface area contributed by atoms with E-state index in [4.69, 9.17) is 9.47 Å². The van der Waals surface area contributed by atoms with E-state index in [1.165, 1.54) is 25.3 Å². The highest BCUT2D eigenvalue weighted by atomic mass is 19.1. The average molecular weight is 484 g/mol. The Labute approximate surface area is 204 Å². The van der Waals surface area contributed by atoms with Gasteiger partial charge in [0.05, 0.1) is 20.3 Å². The van der Waals surface area contributed by atoms with Crippen LogP contribution in [0.2, 0.25) is 0 Å². The first kappa shape index (κ1) is 24.7. The van der Waals surface area contributed by atoms with Crippen molar-refractivity contribution in [2.45, 2.75) is 18.9 Å². The van der Waals surface area contributed by atoms with E-state index >= 15 is 0 Å². The predicted molar refractivity (Wildman–Crippen MR) is 127 cm³/mol. The van der Waals surface area contributed by atoms with Crippen molar-refractivity contribution in [1.82, 2.24) is 15.1 Å². The van der Waals surface area contributed by atoms with Crippen LogP contribution in [0.4, 0.5) is 4.39 Å². The van der Waals surface area contributed by atoms with E-state index in [2.05, 4.69) is 5.32 Å². The fraction of sp³-hybridized carbons (Fsp3) is 0.423. The molecule has 2 aliphatic rings. The lowest BCUT2D eigenvalue weighted by molar-refractivity contribution is -0.139. The van der Waals surface area contributed by atoms with Crippen molar-refractivity contribution in [3.63, 3.8) is 0 Å². The first-order valence-electron chi connectivity index (χ1n) is 11.8. The van der Waals surface area contributed by atoms with Gasteiger partial charge in [-0.05, 0) is 55.2 Å². The molecular weight excluding hydrogens is 453 g/mol. The van der Waals surface area contributed by atoms with Gasteiger partial charge in [0, 0.05) is 37.3 Å². The molecule has 2 fully saturated rings. The summed E-state index contributed by atoms with van der Waals surface area (Å²) in [5, 5.41) is 2.96. The van der Waals surface area contributed by atoms with Gasteiger partial charge in [0.1, 0.15) is 17.6 Å². The Morgan fingerprint density at radius 3 is 2.34 bits per heavy atom. The van der Waals surface area contributed by atoms with Crippen LogP contribution in [0, 0.1) is 11.7 Å². The molecule has 2 heterocycles. The van der Waals surface area contributed by atoms with Gasteiger partial charge in [0.25, 0.3) is 11.8 Å². The van der Waals surface area contributed by atoms with Gasteiger partial charge < -0.3 is 24.6 Å². The van der Waals surface area contributed by atoms with Crippen LogP contribution < -0.4 is 10.1 Å². The lowest BCUT2D eigenvalue weighted by atomic mass is 9.87. The van der Waals surface area contributed by atoms with Crippen molar-refractivity contribution < 1.29 is 28.2 Å². The number of morpholine rings is 1. The van der Waals surface area contributed by atoms with Gasteiger partial charge in [-0.25, -0.2) is 4.39 Å². The van der Waals surface area contributed by atoms with Crippen molar-refractivity contribution in [2.24, 2.45) is 5.92 Å². The minimum absolute atomic E-state index is 0.139. The summed E-state index contributed by atoms with van der Waals surface area (Å²) in [6.45, 7) is 2.71. The molecule has 1 atom stereocenters. The number of halogens is 1. The summed E-state index contributed by atoms with van der Waals surface area (Å²) in [7, 11) is 1.53. The van der Waals surface area contributed by atoms with Crippen LogP contribution in [-0.4, -0.2) is 80.1 Å². The number of piperidine rings is 1. The van der Waals surface area contributed by atoms with E-state index in [9.17, 15) is 18.8 Å². The SMILES string of the molecule is COc1cccc(C(=O)N[C@@H](C(=O)N2CCOCC2)C2CCN(C(=O)c3cccc(F)c3)CC2)c1. The number of hydrogen-bond donors (Lipinski definition) is 1. The van der Waals surface area contributed by atoms with Crippen LogP contribution in [0.25, 0.3) is 0 Å².